The smallest absolute Gasteiger partial charge is 0.262 e. The summed E-state index contributed by atoms with van der Waals surface area (Å²) in [5.74, 6) is 0.878. The first-order chi connectivity index (χ1) is 15.2. The Balaban J connectivity index is 1.59. The van der Waals surface area contributed by atoms with Gasteiger partial charge >= 0.3 is 0 Å². The SMILES string of the molecule is COc1ccc(C2=C(O)N3NC(c4ccccc4)C(N4CCCCC4)=C3NC2=O)cc1. The van der Waals surface area contributed by atoms with Gasteiger partial charge in [-0.3, -0.25) is 4.79 Å². The molecule has 3 heterocycles. The standard InChI is InChI=1S/C24H26N4O3/c1-31-18-12-10-16(11-13-18)19-23(29)25-22-21(27-14-6-3-7-15-27)20(26-28(22)24(19)30)17-8-4-2-5-9-17/h2,4-5,8-13,20,26,30H,3,6-7,14-15H2,1H3,(H,25,29). The van der Waals surface area contributed by atoms with Crippen LogP contribution in [0.25, 0.3) is 5.57 Å². The van der Waals surface area contributed by atoms with Crippen LogP contribution in [0.5, 0.6) is 5.75 Å². The molecule has 3 aliphatic heterocycles. The highest BCUT2D eigenvalue weighted by Gasteiger charge is 2.43. The van der Waals surface area contributed by atoms with Crippen LogP contribution in [0.1, 0.15) is 36.4 Å². The van der Waals surface area contributed by atoms with Gasteiger partial charge in [-0.1, -0.05) is 42.5 Å². The molecule has 7 heteroatoms. The van der Waals surface area contributed by atoms with E-state index in [4.69, 9.17) is 4.74 Å². The van der Waals surface area contributed by atoms with Crippen LogP contribution in [0.4, 0.5) is 0 Å². The highest BCUT2D eigenvalue weighted by Crippen LogP contribution is 2.39. The zero-order valence-corrected chi connectivity index (χ0v) is 17.5. The average molecular weight is 418 g/mol. The second-order valence-corrected chi connectivity index (χ2v) is 7.97. The first-order valence-corrected chi connectivity index (χ1v) is 10.7. The Morgan fingerprint density at radius 3 is 2.39 bits per heavy atom. The minimum Gasteiger partial charge on any atom is -0.497 e. The third-order valence-electron chi connectivity index (χ3n) is 6.10. The molecule has 160 valence electrons. The van der Waals surface area contributed by atoms with Crippen LogP contribution in [0.3, 0.4) is 0 Å². The number of aliphatic hydroxyl groups excluding tert-OH is 1. The predicted octanol–water partition coefficient (Wildman–Crippen LogP) is 3.27. The highest BCUT2D eigenvalue weighted by molar-refractivity contribution is 6.21. The van der Waals surface area contributed by atoms with Crippen molar-refractivity contribution in [3.05, 3.63) is 83.1 Å². The number of fused-ring (bicyclic) bond motifs is 1. The highest BCUT2D eigenvalue weighted by atomic mass is 16.5. The van der Waals surface area contributed by atoms with Gasteiger partial charge in [0.25, 0.3) is 5.91 Å². The lowest BCUT2D eigenvalue weighted by molar-refractivity contribution is -0.116. The summed E-state index contributed by atoms with van der Waals surface area (Å²) in [5, 5.41) is 15.8. The fraction of sp³-hybridized carbons (Fsp3) is 0.292. The summed E-state index contributed by atoms with van der Waals surface area (Å²) in [6.45, 7) is 1.87. The average Bonchev–Trinajstić information content (AvgIpc) is 3.20. The molecular formula is C24H26N4O3. The summed E-state index contributed by atoms with van der Waals surface area (Å²) in [6, 6.07) is 17.1. The third kappa shape index (κ3) is 3.41. The van der Waals surface area contributed by atoms with E-state index in [0.717, 1.165) is 37.2 Å². The predicted molar refractivity (Wildman–Crippen MR) is 117 cm³/mol. The van der Waals surface area contributed by atoms with Gasteiger partial charge < -0.3 is 20.1 Å². The molecule has 3 aliphatic rings. The molecule has 1 fully saturated rings. The minimum absolute atomic E-state index is 0.100. The van der Waals surface area contributed by atoms with Gasteiger partial charge in [0, 0.05) is 13.1 Å². The lowest BCUT2D eigenvalue weighted by Crippen LogP contribution is -2.44. The minimum atomic E-state index is -0.320. The number of hydrogen-bond acceptors (Lipinski definition) is 6. The fourth-order valence-electron chi connectivity index (χ4n) is 4.54. The number of ether oxygens (including phenoxy) is 1. The molecular weight excluding hydrogens is 392 g/mol. The summed E-state index contributed by atoms with van der Waals surface area (Å²) in [5.41, 5.74) is 6.35. The first kappa shape index (κ1) is 19.5. The fourth-order valence-corrected chi connectivity index (χ4v) is 4.54. The molecule has 31 heavy (non-hydrogen) atoms. The molecule has 3 N–H and O–H groups in total. The van der Waals surface area contributed by atoms with Crippen LogP contribution < -0.4 is 15.5 Å². The van der Waals surface area contributed by atoms with E-state index in [1.165, 1.54) is 6.42 Å². The number of piperidine rings is 1. The molecule has 0 saturated carbocycles. The Bertz CT molecular complexity index is 1040. The van der Waals surface area contributed by atoms with Gasteiger partial charge in [-0.15, -0.1) is 0 Å². The van der Waals surface area contributed by atoms with E-state index >= 15 is 0 Å². The van der Waals surface area contributed by atoms with Gasteiger partial charge in [0.2, 0.25) is 5.88 Å². The van der Waals surface area contributed by atoms with Crippen molar-refractivity contribution < 1.29 is 14.6 Å². The molecule has 0 aliphatic carbocycles. The normalized spacial score (nSPS) is 21.3. The van der Waals surface area contributed by atoms with Crippen LogP contribution in [0, 0.1) is 0 Å². The van der Waals surface area contributed by atoms with E-state index < -0.39 is 0 Å². The number of benzene rings is 2. The first-order valence-electron chi connectivity index (χ1n) is 10.7. The maximum Gasteiger partial charge on any atom is 0.262 e. The number of rotatable bonds is 4. The van der Waals surface area contributed by atoms with Crippen molar-refractivity contribution in [1.29, 1.82) is 0 Å². The summed E-state index contributed by atoms with van der Waals surface area (Å²) in [4.78, 5) is 15.4. The topological polar surface area (TPSA) is 77.1 Å². The van der Waals surface area contributed by atoms with Crippen molar-refractivity contribution in [2.45, 2.75) is 25.3 Å². The summed E-state index contributed by atoms with van der Waals surface area (Å²) in [7, 11) is 1.59. The monoisotopic (exact) mass is 418 g/mol. The second-order valence-electron chi connectivity index (χ2n) is 7.97. The Morgan fingerprint density at radius 1 is 1.00 bits per heavy atom. The van der Waals surface area contributed by atoms with Gasteiger partial charge in [0.15, 0.2) is 5.82 Å². The van der Waals surface area contributed by atoms with Crippen molar-refractivity contribution in [1.82, 2.24) is 20.7 Å². The quantitative estimate of drug-likeness (QED) is 0.708. The van der Waals surface area contributed by atoms with Crippen LogP contribution >= 0.6 is 0 Å². The molecule has 1 unspecified atom stereocenters. The van der Waals surface area contributed by atoms with Gasteiger partial charge in [0.05, 0.1) is 18.8 Å². The number of hydrogen-bond donors (Lipinski definition) is 3. The van der Waals surface area contributed by atoms with E-state index in [-0.39, 0.29) is 23.4 Å². The van der Waals surface area contributed by atoms with Crippen molar-refractivity contribution >= 4 is 11.5 Å². The van der Waals surface area contributed by atoms with Gasteiger partial charge in [-0.2, -0.15) is 0 Å². The lowest BCUT2D eigenvalue weighted by Gasteiger charge is -2.33. The zero-order valence-electron chi connectivity index (χ0n) is 17.5. The van der Waals surface area contributed by atoms with Crippen LogP contribution in [0.15, 0.2) is 72.0 Å². The number of likely N-dealkylation sites (tertiary alicyclic amines) is 1. The number of aliphatic hydroxyl groups is 1. The Kier molecular flexibility index (Phi) is 5.03. The molecule has 1 saturated heterocycles. The molecule has 0 bridgehead atoms. The molecule has 0 aromatic heterocycles. The largest absolute Gasteiger partial charge is 0.497 e. The molecule has 1 atom stereocenters. The Hall–Kier alpha value is -3.45. The van der Waals surface area contributed by atoms with Crippen molar-refractivity contribution in [2.24, 2.45) is 0 Å². The van der Waals surface area contributed by atoms with Crippen molar-refractivity contribution in [2.75, 3.05) is 20.2 Å². The molecule has 7 nitrogen and oxygen atoms in total. The molecule has 0 spiro atoms. The van der Waals surface area contributed by atoms with E-state index in [1.807, 2.05) is 18.2 Å². The summed E-state index contributed by atoms with van der Waals surface area (Å²) < 4.78 is 5.21. The molecule has 1 amide bonds. The Morgan fingerprint density at radius 2 is 1.71 bits per heavy atom. The number of carbonyl (C=O) groups excluding carboxylic acids is 1. The molecule has 0 radical (unpaired) electrons. The van der Waals surface area contributed by atoms with E-state index in [0.29, 0.717) is 17.1 Å². The summed E-state index contributed by atoms with van der Waals surface area (Å²) in [6.07, 6.45) is 3.45. The van der Waals surface area contributed by atoms with E-state index in [9.17, 15) is 9.90 Å². The van der Waals surface area contributed by atoms with E-state index in [2.05, 4.69) is 27.8 Å². The number of carbonyl (C=O) groups is 1. The second kappa shape index (κ2) is 8.00. The van der Waals surface area contributed by atoms with Gasteiger partial charge in [0.1, 0.15) is 11.3 Å². The van der Waals surface area contributed by atoms with Gasteiger partial charge in [-0.25, -0.2) is 10.4 Å². The third-order valence-corrected chi connectivity index (χ3v) is 6.10. The number of amides is 1. The molecule has 2 aromatic carbocycles. The van der Waals surface area contributed by atoms with E-state index in [1.54, 1.807) is 36.4 Å². The molecule has 5 rings (SSSR count). The van der Waals surface area contributed by atoms with Crippen LogP contribution in [-0.2, 0) is 4.79 Å². The van der Waals surface area contributed by atoms with Crippen LogP contribution in [0.2, 0.25) is 0 Å². The maximum absolute atomic E-state index is 13.1. The van der Waals surface area contributed by atoms with Crippen molar-refractivity contribution in [3.8, 4) is 5.75 Å². The Labute approximate surface area is 181 Å². The number of hydrazine groups is 1. The lowest BCUT2D eigenvalue weighted by atomic mass is 10.0. The number of nitrogens with zero attached hydrogens (tertiary/aromatic N) is 2. The van der Waals surface area contributed by atoms with Crippen LogP contribution in [-0.4, -0.2) is 41.1 Å². The maximum atomic E-state index is 13.1. The van der Waals surface area contributed by atoms with Gasteiger partial charge in [-0.05, 0) is 42.5 Å². The zero-order chi connectivity index (χ0) is 21.4. The summed E-state index contributed by atoms with van der Waals surface area (Å²) >= 11 is 0. The number of methoxy groups -OCH3 is 1. The molecule has 2 aromatic rings. The number of nitrogens with one attached hydrogen (secondary N) is 2. The van der Waals surface area contributed by atoms with Crippen molar-refractivity contribution in [3.63, 3.8) is 0 Å².